The smallest absolute Gasteiger partial charge is 0.225 e. The van der Waals surface area contributed by atoms with E-state index in [0.717, 1.165) is 6.42 Å². The van der Waals surface area contributed by atoms with Gasteiger partial charge in [-0.3, -0.25) is 9.78 Å². The molecule has 0 amide bonds. The van der Waals surface area contributed by atoms with Gasteiger partial charge in [0.05, 0.1) is 11.8 Å². The van der Waals surface area contributed by atoms with Crippen molar-refractivity contribution in [1.29, 1.82) is 5.26 Å². The maximum atomic E-state index is 14.2. The number of nitrogens with zero attached hydrogens (tertiary/aromatic N) is 5. The molecule has 1 atom stereocenters. The zero-order valence-corrected chi connectivity index (χ0v) is 14.1. The van der Waals surface area contributed by atoms with Crippen LogP contribution in [0, 0.1) is 17.1 Å². The van der Waals surface area contributed by atoms with Crippen LogP contribution in [0.4, 0.5) is 4.39 Å². The number of benzene rings is 1. The number of aromatic nitrogens is 4. The topological polar surface area (TPSA) is 84.5 Å². The molecular weight excluding hydrogens is 333 g/mol. The van der Waals surface area contributed by atoms with Crippen molar-refractivity contribution >= 4 is 5.78 Å². The molecule has 0 fully saturated rings. The summed E-state index contributed by atoms with van der Waals surface area (Å²) in [6, 6.07) is 13.1. The monoisotopic (exact) mass is 349 g/mol. The van der Waals surface area contributed by atoms with Crippen LogP contribution in [0.1, 0.15) is 41.4 Å². The number of aryl methyl sites for hydroxylation is 1. The summed E-state index contributed by atoms with van der Waals surface area (Å²) in [4.78, 5) is 21.1. The van der Waals surface area contributed by atoms with Crippen LogP contribution in [0.15, 0.2) is 48.7 Å². The molecule has 0 N–H and O–H groups in total. The van der Waals surface area contributed by atoms with E-state index in [0.29, 0.717) is 17.9 Å². The molecule has 6 nitrogen and oxygen atoms in total. The Morgan fingerprint density at radius 1 is 1.27 bits per heavy atom. The molecular formula is C19H16FN5O. The van der Waals surface area contributed by atoms with E-state index in [1.54, 1.807) is 36.4 Å². The first-order valence-electron chi connectivity index (χ1n) is 8.21. The normalized spacial score (nSPS) is 11.7. The van der Waals surface area contributed by atoms with Crippen molar-refractivity contribution in [2.45, 2.75) is 25.7 Å². The average Bonchev–Trinajstić information content (AvgIpc) is 3.08. The first kappa shape index (κ1) is 17.4. The molecule has 0 saturated carbocycles. The highest BCUT2D eigenvalue weighted by atomic mass is 19.1. The quantitative estimate of drug-likeness (QED) is 0.638. The van der Waals surface area contributed by atoms with E-state index in [2.05, 4.69) is 15.1 Å². The van der Waals surface area contributed by atoms with Crippen LogP contribution in [0.25, 0.3) is 5.69 Å². The third-order valence-corrected chi connectivity index (χ3v) is 3.82. The molecule has 0 unspecified atom stereocenters. The number of nitriles is 1. The van der Waals surface area contributed by atoms with E-state index in [1.165, 1.54) is 16.9 Å². The lowest BCUT2D eigenvalue weighted by atomic mass is 10.0. The van der Waals surface area contributed by atoms with Crippen molar-refractivity contribution in [3.63, 3.8) is 0 Å². The number of Topliss-reactive ketones (excluding diaryl/α,β-unsaturated/α-hetero) is 1. The van der Waals surface area contributed by atoms with Gasteiger partial charge >= 0.3 is 0 Å². The van der Waals surface area contributed by atoms with Gasteiger partial charge < -0.3 is 0 Å². The zero-order chi connectivity index (χ0) is 18.5. The van der Waals surface area contributed by atoms with E-state index in [9.17, 15) is 14.4 Å². The van der Waals surface area contributed by atoms with Gasteiger partial charge in [-0.1, -0.05) is 25.1 Å². The van der Waals surface area contributed by atoms with Crippen molar-refractivity contribution in [3.8, 4) is 11.8 Å². The fourth-order valence-electron chi connectivity index (χ4n) is 2.59. The van der Waals surface area contributed by atoms with Gasteiger partial charge in [0, 0.05) is 12.6 Å². The maximum absolute atomic E-state index is 14.2. The van der Waals surface area contributed by atoms with Crippen molar-refractivity contribution in [2.75, 3.05) is 0 Å². The Labute approximate surface area is 150 Å². The van der Waals surface area contributed by atoms with Crippen molar-refractivity contribution in [1.82, 2.24) is 19.7 Å². The molecule has 0 aliphatic heterocycles. The predicted molar refractivity (Wildman–Crippen MR) is 92.2 cm³/mol. The number of hydrogen-bond acceptors (Lipinski definition) is 5. The van der Waals surface area contributed by atoms with Crippen molar-refractivity contribution < 1.29 is 9.18 Å². The number of carbonyl (C=O) groups excluding carboxylic acids is 1. The SMILES string of the molecule is CCCc1nc(C(=O)[C@H](C#N)c2ccccn2)nn1-c1ccccc1F. The number of para-hydroxylation sites is 1. The van der Waals surface area contributed by atoms with E-state index in [1.807, 2.05) is 13.0 Å². The number of carbonyl (C=O) groups is 1. The Kier molecular flexibility index (Phi) is 5.13. The van der Waals surface area contributed by atoms with E-state index < -0.39 is 17.5 Å². The van der Waals surface area contributed by atoms with Gasteiger partial charge in [0.15, 0.2) is 5.92 Å². The molecule has 0 bridgehead atoms. The summed E-state index contributed by atoms with van der Waals surface area (Å²) in [7, 11) is 0. The third kappa shape index (κ3) is 3.35. The zero-order valence-electron chi connectivity index (χ0n) is 14.1. The second-order valence-corrected chi connectivity index (χ2v) is 5.65. The second-order valence-electron chi connectivity index (χ2n) is 5.65. The summed E-state index contributed by atoms with van der Waals surface area (Å²) in [5.41, 5.74) is 0.549. The summed E-state index contributed by atoms with van der Waals surface area (Å²) >= 11 is 0. The van der Waals surface area contributed by atoms with Crippen LogP contribution in [0.5, 0.6) is 0 Å². The largest absolute Gasteiger partial charge is 0.289 e. The minimum Gasteiger partial charge on any atom is -0.289 e. The summed E-state index contributed by atoms with van der Waals surface area (Å²) in [6.07, 6.45) is 2.79. The molecule has 0 saturated heterocycles. The fraction of sp³-hybridized carbons (Fsp3) is 0.211. The highest BCUT2D eigenvalue weighted by Gasteiger charge is 2.28. The van der Waals surface area contributed by atoms with Gasteiger partial charge in [-0.15, -0.1) is 5.10 Å². The molecule has 2 heterocycles. The molecule has 2 aromatic heterocycles. The Morgan fingerprint density at radius 2 is 2.04 bits per heavy atom. The van der Waals surface area contributed by atoms with Gasteiger partial charge in [-0.05, 0) is 30.7 Å². The first-order chi connectivity index (χ1) is 12.7. The molecule has 0 spiro atoms. The summed E-state index contributed by atoms with van der Waals surface area (Å²) < 4.78 is 15.5. The Bertz CT molecular complexity index is 962. The molecule has 1 aromatic carbocycles. The standard InChI is InChI=1S/C19H16FN5O/c1-2-7-17-23-19(24-25(17)16-10-4-3-8-14(16)20)18(26)13(12-21)15-9-5-6-11-22-15/h3-6,8-11,13H,2,7H2,1H3/t13-/m1/s1. The van der Waals surface area contributed by atoms with Crippen LogP contribution in [0.3, 0.4) is 0 Å². The van der Waals surface area contributed by atoms with Gasteiger partial charge in [0.25, 0.3) is 0 Å². The van der Waals surface area contributed by atoms with Gasteiger partial charge in [-0.25, -0.2) is 14.1 Å². The van der Waals surface area contributed by atoms with E-state index >= 15 is 0 Å². The van der Waals surface area contributed by atoms with Crippen LogP contribution in [-0.4, -0.2) is 25.5 Å². The van der Waals surface area contributed by atoms with Gasteiger partial charge in [0.2, 0.25) is 11.6 Å². The highest BCUT2D eigenvalue weighted by Crippen LogP contribution is 2.20. The number of rotatable bonds is 6. The predicted octanol–water partition coefficient (Wildman–Crippen LogP) is 3.24. The summed E-state index contributed by atoms with van der Waals surface area (Å²) in [5, 5.41) is 13.6. The molecule has 26 heavy (non-hydrogen) atoms. The summed E-state index contributed by atoms with van der Waals surface area (Å²) in [5.74, 6) is -1.77. The lowest BCUT2D eigenvalue weighted by Gasteiger charge is -2.05. The van der Waals surface area contributed by atoms with E-state index in [-0.39, 0.29) is 11.5 Å². The van der Waals surface area contributed by atoms with E-state index in [4.69, 9.17) is 0 Å². The molecule has 130 valence electrons. The van der Waals surface area contributed by atoms with Crippen LogP contribution >= 0.6 is 0 Å². The van der Waals surface area contributed by atoms with Crippen molar-refractivity contribution in [3.05, 3.63) is 71.8 Å². The second kappa shape index (κ2) is 7.66. The molecule has 3 rings (SSSR count). The number of hydrogen-bond donors (Lipinski definition) is 0. The van der Waals surface area contributed by atoms with Crippen LogP contribution < -0.4 is 0 Å². The lowest BCUT2D eigenvalue weighted by Crippen LogP contribution is -2.14. The molecule has 0 radical (unpaired) electrons. The van der Waals surface area contributed by atoms with Crippen LogP contribution in [-0.2, 0) is 6.42 Å². The molecule has 3 aromatic rings. The number of halogens is 1. The first-order valence-corrected chi connectivity index (χ1v) is 8.21. The van der Waals surface area contributed by atoms with Gasteiger partial charge in [-0.2, -0.15) is 5.26 Å². The lowest BCUT2D eigenvalue weighted by molar-refractivity contribution is 0.0967. The Morgan fingerprint density at radius 3 is 2.69 bits per heavy atom. The number of pyridine rings is 1. The van der Waals surface area contributed by atoms with Crippen molar-refractivity contribution in [2.24, 2.45) is 0 Å². The number of ketones is 1. The molecule has 0 aliphatic rings. The summed E-state index contributed by atoms with van der Waals surface area (Å²) in [6.45, 7) is 1.95. The minimum absolute atomic E-state index is 0.117. The Balaban J connectivity index is 2.03. The average molecular weight is 349 g/mol. The maximum Gasteiger partial charge on any atom is 0.225 e. The fourth-order valence-corrected chi connectivity index (χ4v) is 2.59. The van der Waals surface area contributed by atoms with Crippen LogP contribution in [0.2, 0.25) is 0 Å². The molecule has 7 heteroatoms. The van der Waals surface area contributed by atoms with Gasteiger partial charge in [0.1, 0.15) is 17.3 Å². The molecule has 0 aliphatic carbocycles. The third-order valence-electron chi connectivity index (χ3n) is 3.82. The Hall–Kier alpha value is -3.40. The minimum atomic E-state index is -1.11. The highest BCUT2D eigenvalue weighted by molar-refractivity contribution is 5.99.